The molecule has 0 aliphatic carbocycles. The lowest BCUT2D eigenvalue weighted by Gasteiger charge is -2.26. The molecule has 0 aliphatic rings. The van der Waals surface area contributed by atoms with Gasteiger partial charge in [0.1, 0.15) is 5.75 Å². The zero-order valence-electron chi connectivity index (χ0n) is 18.7. The quantitative estimate of drug-likeness (QED) is 0.576. The number of pyridine rings is 1. The number of ether oxygens (including phenoxy) is 2. The van der Waals surface area contributed by atoms with Crippen LogP contribution in [0.25, 0.3) is 0 Å². The fourth-order valence-corrected chi connectivity index (χ4v) is 3.41. The minimum atomic E-state index is -2.39. The van der Waals surface area contributed by atoms with Crippen molar-refractivity contribution >= 4 is 27.3 Å². The molecule has 0 N–H and O–H groups in total. The van der Waals surface area contributed by atoms with Crippen molar-refractivity contribution in [2.75, 3.05) is 26.7 Å². The van der Waals surface area contributed by atoms with Crippen molar-refractivity contribution in [3.8, 4) is 5.75 Å². The molecule has 0 aliphatic heterocycles. The summed E-state index contributed by atoms with van der Waals surface area (Å²) < 4.78 is 26.6. The Morgan fingerprint density at radius 3 is 2.35 bits per heavy atom. The number of hydrogen-bond donors (Lipinski definition) is 0. The van der Waals surface area contributed by atoms with Gasteiger partial charge in [-0.25, -0.2) is 14.0 Å². The Morgan fingerprint density at radius 2 is 1.81 bits per heavy atom. The Morgan fingerprint density at radius 1 is 1.16 bits per heavy atom. The number of carbonyl (C=O) groups is 2. The third kappa shape index (κ3) is 7.36. The first-order valence-corrected chi connectivity index (χ1v) is 12.1. The van der Waals surface area contributed by atoms with E-state index in [-0.39, 0.29) is 17.5 Å². The largest absolute Gasteiger partial charge is 0.497 e. The van der Waals surface area contributed by atoms with Crippen molar-refractivity contribution in [3.63, 3.8) is 0 Å². The van der Waals surface area contributed by atoms with Crippen molar-refractivity contribution < 1.29 is 23.3 Å². The standard InChI is InChI=1S/C22H29N3O5S/c1-15(2)20(21(26)25(3)14-16-7-9-18(29-4)10-8-16)30-22(27)19-13-17(11-12-23-19)24-31(5,6)28/h7-13,15,20H,14H2,1-6H3. The molecule has 2 aromatic rings. The molecule has 8 nitrogen and oxygen atoms in total. The Balaban J connectivity index is 2.14. The van der Waals surface area contributed by atoms with E-state index >= 15 is 0 Å². The number of amides is 1. The summed E-state index contributed by atoms with van der Waals surface area (Å²) in [7, 11) is 0.862. The van der Waals surface area contributed by atoms with Crippen LogP contribution in [0, 0.1) is 5.92 Å². The summed E-state index contributed by atoms with van der Waals surface area (Å²) in [4.78, 5) is 31.2. The summed E-state index contributed by atoms with van der Waals surface area (Å²) in [6.45, 7) is 3.97. The normalized spacial score (nSPS) is 12.2. The molecule has 0 spiro atoms. The highest BCUT2D eigenvalue weighted by atomic mass is 32.2. The Hall–Kier alpha value is -2.94. The number of esters is 1. The lowest BCUT2D eigenvalue weighted by Crippen LogP contribution is -2.41. The molecule has 1 atom stereocenters. The lowest BCUT2D eigenvalue weighted by atomic mass is 10.1. The van der Waals surface area contributed by atoms with Crippen LogP contribution >= 0.6 is 0 Å². The summed E-state index contributed by atoms with van der Waals surface area (Å²) in [5, 5.41) is 0. The van der Waals surface area contributed by atoms with Gasteiger partial charge in [-0.3, -0.25) is 4.79 Å². The van der Waals surface area contributed by atoms with E-state index in [2.05, 4.69) is 9.35 Å². The zero-order chi connectivity index (χ0) is 23.2. The number of hydrogen-bond acceptors (Lipinski definition) is 7. The predicted molar refractivity (Wildman–Crippen MR) is 120 cm³/mol. The van der Waals surface area contributed by atoms with Crippen LogP contribution in [0.4, 0.5) is 5.69 Å². The molecule has 0 radical (unpaired) electrons. The average Bonchev–Trinajstić information content (AvgIpc) is 2.70. The maximum absolute atomic E-state index is 13.0. The van der Waals surface area contributed by atoms with Gasteiger partial charge in [0.05, 0.1) is 12.8 Å². The first-order chi connectivity index (χ1) is 14.5. The summed E-state index contributed by atoms with van der Waals surface area (Å²) in [6.07, 6.45) is 3.41. The Labute approximate surface area is 183 Å². The molecule has 31 heavy (non-hydrogen) atoms. The predicted octanol–water partition coefficient (Wildman–Crippen LogP) is 3.29. The highest BCUT2D eigenvalue weighted by molar-refractivity contribution is 7.92. The zero-order valence-corrected chi connectivity index (χ0v) is 19.5. The fraction of sp³-hybridized carbons (Fsp3) is 0.409. The maximum Gasteiger partial charge on any atom is 0.357 e. The van der Waals surface area contributed by atoms with Crippen LogP contribution in [-0.4, -0.2) is 58.7 Å². The van der Waals surface area contributed by atoms with Crippen LogP contribution in [0.1, 0.15) is 29.9 Å². The number of benzene rings is 1. The van der Waals surface area contributed by atoms with Crippen LogP contribution < -0.4 is 4.74 Å². The van der Waals surface area contributed by atoms with E-state index in [0.717, 1.165) is 11.3 Å². The molecule has 168 valence electrons. The maximum atomic E-state index is 13.0. The molecule has 0 saturated heterocycles. The monoisotopic (exact) mass is 447 g/mol. The molecule has 1 unspecified atom stereocenters. The van der Waals surface area contributed by atoms with Crippen molar-refractivity contribution in [1.29, 1.82) is 0 Å². The van der Waals surface area contributed by atoms with Gasteiger partial charge in [0, 0.05) is 42.0 Å². The highest BCUT2D eigenvalue weighted by Gasteiger charge is 2.30. The third-order valence-electron chi connectivity index (χ3n) is 4.32. The van der Waals surface area contributed by atoms with Crippen LogP contribution in [0.5, 0.6) is 5.75 Å². The van der Waals surface area contributed by atoms with Crippen LogP contribution in [0.2, 0.25) is 0 Å². The molecule has 9 heteroatoms. The number of rotatable bonds is 8. The smallest absolute Gasteiger partial charge is 0.357 e. The summed E-state index contributed by atoms with van der Waals surface area (Å²) in [6, 6.07) is 10.3. The van der Waals surface area contributed by atoms with E-state index in [1.165, 1.54) is 29.7 Å². The molecule has 0 fully saturated rings. The van der Waals surface area contributed by atoms with E-state index in [4.69, 9.17) is 9.47 Å². The topological polar surface area (TPSA) is 98.2 Å². The summed E-state index contributed by atoms with van der Waals surface area (Å²) in [5.74, 6) is -0.561. The van der Waals surface area contributed by atoms with E-state index in [0.29, 0.717) is 12.2 Å². The van der Waals surface area contributed by atoms with Crippen molar-refractivity contribution in [2.45, 2.75) is 26.5 Å². The fourth-order valence-electron chi connectivity index (χ4n) is 2.79. The summed E-state index contributed by atoms with van der Waals surface area (Å²) >= 11 is 0. The molecule has 1 aromatic heterocycles. The van der Waals surface area contributed by atoms with E-state index in [1.54, 1.807) is 34.1 Å². The first kappa shape index (κ1) is 24.3. The molecule has 2 rings (SSSR count). The van der Waals surface area contributed by atoms with Crippen molar-refractivity contribution in [3.05, 3.63) is 53.9 Å². The molecule has 1 heterocycles. The second kappa shape index (κ2) is 10.4. The van der Waals surface area contributed by atoms with Gasteiger partial charge >= 0.3 is 5.97 Å². The van der Waals surface area contributed by atoms with Gasteiger partial charge in [0.25, 0.3) is 5.91 Å². The molecular weight excluding hydrogens is 418 g/mol. The molecule has 0 bridgehead atoms. The minimum Gasteiger partial charge on any atom is -0.497 e. The van der Waals surface area contributed by atoms with Gasteiger partial charge in [-0.2, -0.15) is 4.36 Å². The SMILES string of the molecule is COc1ccc(CN(C)C(=O)C(OC(=O)c2cc(N=S(C)(C)=O)ccn2)C(C)C)cc1. The van der Waals surface area contributed by atoms with Gasteiger partial charge in [0.2, 0.25) is 0 Å². The number of likely N-dealkylation sites (N-methyl/N-ethyl adjacent to an activating group) is 1. The van der Waals surface area contributed by atoms with Crippen molar-refractivity contribution in [1.82, 2.24) is 9.88 Å². The number of carbonyl (C=O) groups excluding carboxylic acids is 2. The van der Waals surface area contributed by atoms with Crippen LogP contribution in [0.15, 0.2) is 47.0 Å². The van der Waals surface area contributed by atoms with E-state index in [1.807, 2.05) is 24.3 Å². The molecule has 1 aromatic carbocycles. The minimum absolute atomic E-state index is 0.00107. The lowest BCUT2D eigenvalue weighted by molar-refractivity contribution is -0.142. The van der Waals surface area contributed by atoms with Crippen LogP contribution in [0.3, 0.4) is 0 Å². The number of nitrogens with zero attached hydrogens (tertiary/aromatic N) is 3. The average molecular weight is 448 g/mol. The second-order valence-electron chi connectivity index (χ2n) is 7.78. The number of methoxy groups -OCH3 is 1. The summed E-state index contributed by atoms with van der Waals surface area (Å²) in [5.41, 5.74) is 1.28. The van der Waals surface area contributed by atoms with Gasteiger partial charge < -0.3 is 14.4 Å². The second-order valence-corrected chi connectivity index (χ2v) is 10.3. The number of aromatic nitrogens is 1. The highest BCUT2D eigenvalue weighted by Crippen LogP contribution is 2.18. The molecule has 0 saturated carbocycles. The van der Waals surface area contributed by atoms with E-state index in [9.17, 15) is 13.8 Å². The van der Waals surface area contributed by atoms with Gasteiger partial charge in [-0.1, -0.05) is 26.0 Å². The molecule has 1 amide bonds. The Bertz CT molecular complexity index is 1040. The van der Waals surface area contributed by atoms with E-state index < -0.39 is 21.8 Å². The van der Waals surface area contributed by atoms with Gasteiger partial charge in [-0.15, -0.1) is 0 Å². The van der Waals surface area contributed by atoms with Gasteiger partial charge in [-0.05, 0) is 35.7 Å². The van der Waals surface area contributed by atoms with Crippen LogP contribution in [-0.2, 0) is 25.8 Å². The third-order valence-corrected chi connectivity index (χ3v) is 4.97. The molecular formula is C22H29N3O5S. The van der Waals surface area contributed by atoms with Gasteiger partial charge in [0.15, 0.2) is 11.8 Å². The van der Waals surface area contributed by atoms with Crippen molar-refractivity contribution in [2.24, 2.45) is 10.3 Å². The first-order valence-electron chi connectivity index (χ1n) is 9.72. The Kier molecular flexibility index (Phi) is 8.15.